The highest BCUT2D eigenvalue weighted by atomic mass is 19.4. The van der Waals surface area contributed by atoms with Crippen LogP contribution in [-0.2, 0) is 15.7 Å². The number of hydrogen-bond donors (Lipinski definition) is 1. The molecule has 1 saturated heterocycles. The van der Waals surface area contributed by atoms with Crippen LogP contribution in [0.25, 0.3) is 0 Å². The average Bonchev–Trinajstić information content (AvgIpc) is 2.65. The lowest BCUT2D eigenvalue weighted by atomic mass is 10.1. The normalized spacial score (nSPS) is 18.6. The molecule has 13 heteroatoms. The number of anilines is 1. The van der Waals surface area contributed by atoms with E-state index in [1.807, 2.05) is 0 Å². The third-order valence-corrected chi connectivity index (χ3v) is 4.52. The van der Waals surface area contributed by atoms with Crippen LogP contribution in [0.1, 0.15) is 32.8 Å². The Labute approximate surface area is 176 Å². The predicted octanol–water partition coefficient (Wildman–Crippen LogP) is 2.79. The molecule has 2 heterocycles. The molecule has 1 aromatic heterocycles. The number of aliphatic hydroxyl groups is 1. The van der Waals surface area contributed by atoms with Gasteiger partial charge in [0.25, 0.3) is 0 Å². The zero-order valence-electron chi connectivity index (χ0n) is 17.5. The molecule has 0 spiro atoms. The van der Waals surface area contributed by atoms with Crippen molar-refractivity contribution in [3.05, 3.63) is 27.9 Å². The molecule has 0 radical (unpaired) electrons. The van der Waals surface area contributed by atoms with Crippen LogP contribution in [0, 0.1) is 10.1 Å². The minimum Gasteiger partial charge on any atom is -0.444 e. The molecular formula is C18H25F3N4O6. The van der Waals surface area contributed by atoms with Gasteiger partial charge in [0.15, 0.2) is 6.29 Å². The number of nitrogens with zero attached hydrogens (tertiary/aromatic N) is 4. The number of nitro groups is 1. The van der Waals surface area contributed by atoms with Crippen LogP contribution in [0.5, 0.6) is 0 Å². The first-order valence-electron chi connectivity index (χ1n) is 9.40. The fourth-order valence-corrected chi connectivity index (χ4v) is 3.11. The van der Waals surface area contributed by atoms with Gasteiger partial charge in [-0.1, -0.05) is 0 Å². The Balaban J connectivity index is 2.38. The van der Waals surface area contributed by atoms with Crippen LogP contribution >= 0.6 is 0 Å². The second-order valence-corrected chi connectivity index (χ2v) is 8.02. The first-order valence-corrected chi connectivity index (χ1v) is 9.40. The number of amides is 1. The van der Waals surface area contributed by atoms with E-state index in [4.69, 9.17) is 9.47 Å². The lowest BCUT2D eigenvalue weighted by Crippen LogP contribution is -2.57. The van der Waals surface area contributed by atoms with Gasteiger partial charge in [0.2, 0.25) is 5.82 Å². The topological polar surface area (TPSA) is 118 Å². The summed E-state index contributed by atoms with van der Waals surface area (Å²) in [6.07, 6.45) is -6.22. The summed E-state index contributed by atoms with van der Waals surface area (Å²) in [4.78, 5) is 29.4. The van der Waals surface area contributed by atoms with Gasteiger partial charge in [-0.25, -0.2) is 9.78 Å². The smallest absolute Gasteiger partial charge is 0.418 e. The fourth-order valence-electron chi connectivity index (χ4n) is 3.11. The van der Waals surface area contributed by atoms with Crippen molar-refractivity contribution in [3.8, 4) is 0 Å². The third-order valence-electron chi connectivity index (χ3n) is 4.52. The predicted molar refractivity (Wildman–Crippen MR) is 102 cm³/mol. The number of aromatic nitrogens is 1. The number of hydrogen-bond acceptors (Lipinski definition) is 8. The van der Waals surface area contributed by atoms with Gasteiger partial charge < -0.3 is 24.4 Å². The van der Waals surface area contributed by atoms with Gasteiger partial charge in [-0.15, -0.1) is 0 Å². The highest BCUT2D eigenvalue weighted by molar-refractivity contribution is 5.69. The van der Waals surface area contributed by atoms with E-state index < -0.39 is 46.4 Å². The number of alkyl halides is 3. The number of ether oxygens (including phenoxy) is 2. The van der Waals surface area contributed by atoms with Gasteiger partial charge >= 0.3 is 18.0 Å². The van der Waals surface area contributed by atoms with Crippen LogP contribution in [-0.4, -0.2) is 70.7 Å². The van der Waals surface area contributed by atoms with E-state index in [2.05, 4.69) is 4.98 Å². The molecule has 0 aromatic carbocycles. The zero-order chi connectivity index (χ0) is 23.6. The number of aliphatic hydroxyl groups excluding tert-OH is 1. The van der Waals surface area contributed by atoms with Gasteiger partial charge in [0, 0.05) is 45.4 Å². The summed E-state index contributed by atoms with van der Waals surface area (Å²) >= 11 is 0. The van der Waals surface area contributed by atoms with Crippen molar-refractivity contribution in [1.29, 1.82) is 0 Å². The third kappa shape index (κ3) is 6.40. The highest BCUT2D eigenvalue weighted by Crippen LogP contribution is 2.36. The Morgan fingerprint density at radius 1 is 1.39 bits per heavy atom. The lowest BCUT2D eigenvalue weighted by molar-refractivity contribution is -0.384. The Morgan fingerprint density at radius 2 is 2.03 bits per heavy atom. The quantitative estimate of drug-likeness (QED) is 0.413. The highest BCUT2D eigenvalue weighted by Gasteiger charge is 2.39. The molecule has 2 rings (SSSR count). The summed E-state index contributed by atoms with van der Waals surface area (Å²) in [7, 11) is 1.25. The second-order valence-electron chi connectivity index (χ2n) is 8.02. The molecular weight excluding hydrogens is 425 g/mol. The molecule has 2 unspecified atom stereocenters. The van der Waals surface area contributed by atoms with E-state index in [9.17, 15) is 33.2 Å². The van der Waals surface area contributed by atoms with E-state index in [-0.39, 0.29) is 31.9 Å². The molecule has 2 atom stereocenters. The largest absolute Gasteiger partial charge is 0.444 e. The second kappa shape index (κ2) is 9.22. The monoisotopic (exact) mass is 450 g/mol. The molecule has 1 aliphatic heterocycles. The summed E-state index contributed by atoms with van der Waals surface area (Å²) in [5, 5.41) is 21.4. The fraction of sp³-hybridized carbons (Fsp3) is 0.667. The van der Waals surface area contributed by atoms with Gasteiger partial charge in [-0.3, -0.25) is 10.1 Å². The van der Waals surface area contributed by atoms with Gasteiger partial charge in [0.05, 0.1) is 16.5 Å². The lowest BCUT2D eigenvalue weighted by Gasteiger charge is -2.42. The summed E-state index contributed by atoms with van der Waals surface area (Å²) in [5.74, 6) is -0.282. The van der Waals surface area contributed by atoms with Crippen LogP contribution in [0.15, 0.2) is 12.3 Å². The van der Waals surface area contributed by atoms with E-state index in [0.717, 1.165) is 0 Å². The van der Waals surface area contributed by atoms with Gasteiger partial charge in [0.1, 0.15) is 5.60 Å². The molecule has 1 aliphatic rings. The van der Waals surface area contributed by atoms with E-state index in [1.54, 1.807) is 20.8 Å². The maximum atomic E-state index is 13.0. The Hall–Kier alpha value is -2.67. The number of methoxy groups -OCH3 is 1. The molecule has 1 aromatic rings. The number of rotatable bonds is 5. The van der Waals surface area contributed by atoms with Crippen molar-refractivity contribution in [1.82, 2.24) is 9.88 Å². The Kier molecular flexibility index (Phi) is 7.32. The maximum Gasteiger partial charge on any atom is 0.418 e. The average molecular weight is 450 g/mol. The number of pyridine rings is 1. The summed E-state index contributed by atoms with van der Waals surface area (Å²) < 4.78 is 49.2. The SMILES string of the molecule is COC(O)CC1CN(C(=O)OC(C)(C)C)CCN1c1ncc(C(F)(F)F)cc1[N+](=O)[O-]. The maximum absolute atomic E-state index is 13.0. The Morgan fingerprint density at radius 3 is 2.55 bits per heavy atom. The number of carbonyl (C=O) groups is 1. The number of piperazine rings is 1. The van der Waals surface area contributed by atoms with E-state index >= 15 is 0 Å². The van der Waals surface area contributed by atoms with Crippen molar-refractivity contribution >= 4 is 17.6 Å². The molecule has 10 nitrogen and oxygen atoms in total. The van der Waals surface area contributed by atoms with Crippen LogP contribution in [0.2, 0.25) is 0 Å². The minimum absolute atomic E-state index is 0.00477. The molecule has 0 aliphatic carbocycles. The summed E-state index contributed by atoms with van der Waals surface area (Å²) in [6, 6.07) is -0.300. The van der Waals surface area contributed by atoms with Gasteiger partial charge in [-0.2, -0.15) is 13.2 Å². The minimum atomic E-state index is -4.79. The number of carbonyl (C=O) groups excluding carboxylic acids is 1. The molecule has 1 amide bonds. The van der Waals surface area contributed by atoms with Crippen molar-refractivity contribution in [2.75, 3.05) is 31.6 Å². The van der Waals surface area contributed by atoms with E-state index in [0.29, 0.717) is 12.3 Å². The van der Waals surface area contributed by atoms with Crippen LogP contribution in [0.4, 0.5) is 29.5 Å². The van der Waals surface area contributed by atoms with Gasteiger partial charge in [-0.05, 0) is 20.8 Å². The zero-order valence-corrected chi connectivity index (χ0v) is 17.5. The first kappa shape index (κ1) is 24.6. The first-order chi connectivity index (χ1) is 14.2. The summed E-state index contributed by atoms with van der Waals surface area (Å²) in [5.41, 5.74) is -2.81. The standard InChI is InChI=1S/C18H25F3N4O6/c1-17(2,3)31-16(27)23-5-6-24(12(10-23)8-14(26)30-4)15-13(25(28)29)7-11(9-22-15)18(19,20)21/h7,9,12,14,26H,5-6,8,10H2,1-4H3. The van der Waals surface area contributed by atoms with Crippen molar-refractivity contribution in [3.63, 3.8) is 0 Å². The van der Waals surface area contributed by atoms with Crippen molar-refractivity contribution < 1.29 is 37.5 Å². The van der Waals surface area contributed by atoms with Crippen LogP contribution < -0.4 is 4.90 Å². The molecule has 1 fully saturated rings. The molecule has 31 heavy (non-hydrogen) atoms. The molecule has 0 bridgehead atoms. The Bertz CT molecular complexity index is 814. The van der Waals surface area contributed by atoms with Crippen LogP contribution in [0.3, 0.4) is 0 Å². The number of halogens is 3. The molecule has 0 saturated carbocycles. The summed E-state index contributed by atoms with van der Waals surface area (Å²) in [6.45, 7) is 5.21. The molecule has 174 valence electrons. The van der Waals surface area contributed by atoms with Crippen molar-refractivity contribution in [2.24, 2.45) is 0 Å². The van der Waals surface area contributed by atoms with E-state index in [1.165, 1.54) is 16.9 Å². The van der Waals surface area contributed by atoms with Crippen molar-refractivity contribution in [2.45, 2.75) is 51.3 Å². The molecule has 1 N–H and O–H groups in total.